The molecule has 1 saturated heterocycles. The normalized spacial score (nSPS) is 20.0. The molecule has 10 nitrogen and oxygen atoms in total. The van der Waals surface area contributed by atoms with Crippen molar-refractivity contribution in [2.45, 2.75) is 120 Å². The number of H-pyrrole nitrogens is 1. The molecule has 4 aromatic carbocycles. The fraction of sp³-hybridized carbons (Fsp3) is 0.440. The highest BCUT2D eigenvalue weighted by Crippen LogP contribution is 2.59. The molecular weight excluding hydrogens is 785 g/mol. The summed E-state index contributed by atoms with van der Waals surface area (Å²) in [5, 5.41) is 12.4. The Morgan fingerprint density at radius 2 is 1.39 bits per heavy atom. The maximum absolute atomic E-state index is 14.3. The van der Waals surface area contributed by atoms with Crippen LogP contribution in [-0.2, 0) is 27.2 Å². The van der Waals surface area contributed by atoms with Gasteiger partial charge in [0.15, 0.2) is 5.72 Å². The Morgan fingerprint density at radius 1 is 0.820 bits per heavy atom. The van der Waals surface area contributed by atoms with Crippen LogP contribution in [0.2, 0.25) is 18.1 Å². The summed E-state index contributed by atoms with van der Waals surface area (Å²) in [5.74, 6) is 2.06. The van der Waals surface area contributed by atoms with Crippen LogP contribution >= 0.6 is 0 Å². The summed E-state index contributed by atoms with van der Waals surface area (Å²) in [6.07, 6.45) is 2.68. The topological polar surface area (TPSA) is 121 Å². The molecule has 2 heterocycles. The van der Waals surface area contributed by atoms with Crippen LogP contribution < -0.4 is 25.5 Å². The number of nitrogens with zero attached hydrogens (tertiary/aromatic N) is 1. The van der Waals surface area contributed by atoms with Gasteiger partial charge in [-0.2, -0.15) is 0 Å². The van der Waals surface area contributed by atoms with Crippen molar-refractivity contribution in [1.82, 2.24) is 9.55 Å². The molecular formula is C50H64N2O8Si. The summed E-state index contributed by atoms with van der Waals surface area (Å²) in [5.41, 5.74) is 0.344. The SMILES string of the molecule is CCCCC[C@]1(n2cc(C)c(=O)[nH]c2=O)C[C@@](O)([Si](C)(C)C(C)(C)C)[C@@H](C(OCc2cccc(OC)c2)C(c2ccccc2)(c2ccc(OC)cc2)c2ccc(OC)cc2)O1. The van der Waals surface area contributed by atoms with E-state index in [-0.39, 0.29) is 18.1 Å². The van der Waals surface area contributed by atoms with Gasteiger partial charge in [-0.3, -0.25) is 14.3 Å². The number of aryl methyl sites for hydroxylation is 1. The third-order valence-electron chi connectivity index (χ3n) is 13.6. The van der Waals surface area contributed by atoms with Crippen molar-refractivity contribution in [3.05, 3.63) is 158 Å². The van der Waals surface area contributed by atoms with Gasteiger partial charge < -0.3 is 28.8 Å². The number of aromatic nitrogens is 2. The first-order chi connectivity index (χ1) is 29.0. The van der Waals surface area contributed by atoms with Gasteiger partial charge in [0.25, 0.3) is 5.56 Å². The van der Waals surface area contributed by atoms with Crippen molar-refractivity contribution < 1.29 is 28.8 Å². The molecule has 5 aromatic rings. The minimum absolute atomic E-state index is 0.103. The van der Waals surface area contributed by atoms with Crippen LogP contribution in [-0.4, -0.2) is 61.5 Å². The van der Waals surface area contributed by atoms with Gasteiger partial charge >= 0.3 is 5.69 Å². The first-order valence-corrected chi connectivity index (χ1v) is 24.3. The molecule has 326 valence electrons. The lowest BCUT2D eigenvalue weighted by Crippen LogP contribution is -2.68. The molecule has 0 radical (unpaired) electrons. The van der Waals surface area contributed by atoms with E-state index in [4.69, 9.17) is 23.7 Å². The van der Waals surface area contributed by atoms with Crippen molar-refractivity contribution in [3.63, 3.8) is 0 Å². The van der Waals surface area contributed by atoms with Crippen molar-refractivity contribution in [1.29, 1.82) is 0 Å². The predicted molar refractivity (Wildman–Crippen MR) is 244 cm³/mol. The Morgan fingerprint density at radius 3 is 1.93 bits per heavy atom. The maximum atomic E-state index is 14.3. The van der Waals surface area contributed by atoms with E-state index in [0.29, 0.717) is 29.2 Å². The highest BCUT2D eigenvalue weighted by molar-refractivity contribution is 6.83. The highest BCUT2D eigenvalue weighted by Gasteiger charge is 2.70. The van der Waals surface area contributed by atoms with Gasteiger partial charge in [0.05, 0.1) is 46.6 Å². The van der Waals surface area contributed by atoms with E-state index in [1.165, 1.54) is 0 Å². The molecule has 0 saturated carbocycles. The highest BCUT2D eigenvalue weighted by atomic mass is 28.3. The fourth-order valence-electron chi connectivity index (χ4n) is 9.16. The molecule has 1 unspecified atom stereocenters. The summed E-state index contributed by atoms with van der Waals surface area (Å²) in [7, 11) is 1.97. The number of methoxy groups -OCH3 is 3. The molecule has 61 heavy (non-hydrogen) atoms. The van der Waals surface area contributed by atoms with Gasteiger partial charge in [0.1, 0.15) is 29.5 Å². The predicted octanol–water partition coefficient (Wildman–Crippen LogP) is 9.29. The van der Waals surface area contributed by atoms with Gasteiger partial charge in [-0.05, 0) is 83.5 Å². The molecule has 0 amide bonds. The Labute approximate surface area is 361 Å². The lowest BCUT2D eigenvalue weighted by atomic mass is 9.63. The van der Waals surface area contributed by atoms with Gasteiger partial charge in [-0.1, -0.05) is 120 Å². The van der Waals surface area contributed by atoms with Crippen LogP contribution in [0, 0.1) is 6.92 Å². The summed E-state index contributed by atoms with van der Waals surface area (Å²) in [6, 6.07) is 34.0. The standard InChI is InChI=1S/C50H64N2O8Si/c1-11-12-16-30-48(52-32-35(2)45(53)51-46(52)54)34-49(55,61(9,10)47(3,4)5)43(60-48)44(59-33-36-18-17-21-42(31-36)58-8)50(37-19-14-13-15-20-37,38-22-26-40(56-6)27-23-38)39-24-28-41(57-7)29-25-39/h13-15,17-29,31-32,43-44,55H,11-12,16,30,33-34H2,1-10H3,(H,51,53,54)/t43-,44?,48-,49-/m1/s1. The molecule has 0 spiro atoms. The summed E-state index contributed by atoms with van der Waals surface area (Å²) in [4.78, 5) is 29.7. The Balaban J connectivity index is 1.77. The molecule has 1 fully saturated rings. The smallest absolute Gasteiger partial charge is 0.330 e. The van der Waals surface area contributed by atoms with Crippen molar-refractivity contribution in [2.24, 2.45) is 0 Å². The zero-order valence-electron chi connectivity index (χ0n) is 37.5. The van der Waals surface area contributed by atoms with E-state index in [2.05, 4.69) is 82.2 Å². The number of ether oxygens (including phenoxy) is 5. The van der Waals surface area contributed by atoms with Crippen molar-refractivity contribution in [2.75, 3.05) is 21.3 Å². The average Bonchev–Trinajstić information content (AvgIpc) is 3.57. The van der Waals surface area contributed by atoms with Gasteiger partial charge in [-0.25, -0.2) is 4.79 Å². The van der Waals surface area contributed by atoms with Crippen LogP contribution in [0.15, 0.2) is 119 Å². The number of benzene rings is 4. The number of aliphatic hydroxyl groups is 1. The monoisotopic (exact) mass is 848 g/mol. The zero-order chi connectivity index (χ0) is 44.2. The van der Waals surface area contributed by atoms with Crippen LogP contribution in [0.1, 0.15) is 87.6 Å². The van der Waals surface area contributed by atoms with E-state index in [1.54, 1.807) is 39.0 Å². The largest absolute Gasteiger partial charge is 0.497 e. The zero-order valence-corrected chi connectivity index (χ0v) is 38.5. The second-order valence-corrected chi connectivity index (χ2v) is 23.7. The number of rotatable bonds is 17. The number of aromatic amines is 1. The van der Waals surface area contributed by atoms with E-state index in [0.717, 1.165) is 41.5 Å². The van der Waals surface area contributed by atoms with E-state index in [1.807, 2.05) is 66.7 Å². The first kappa shape index (κ1) is 45.6. The molecule has 11 heteroatoms. The third kappa shape index (κ3) is 8.50. The minimum Gasteiger partial charge on any atom is -0.497 e. The van der Waals surface area contributed by atoms with Gasteiger partial charge in [-0.15, -0.1) is 0 Å². The summed E-state index contributed by atoms with van der Waals surface area (Å²) < 4.78 is 33.9. The molecule has 4 atom stereocenters. The van der Waals surface area contributed by atoms with Crippen LogP contribution in [0.4, 0.5) is 0 Å². The fourth-order valence-corrected chi connectivity index (χ4v) is 12.1. The van der Waals surface area contributed by atoms with Crippen LogP contribution in [0.3, 0.4) is 0 Å². The molecule has 1 aromatic heterocycles. The number of unbranched alkanes of at least 4 members (excludes halogenated alkanes) is 2. The number of hydrogen-bond donors (Lipinski definition) is 2. The quantitative estimate of drug-likeness (QED) is 0.0540. The van der Waals surface area contributed by atoms with Gasteiger partial charge in [0.2, 0.25) is 0 Å². The Bertz CT molecular complexity index is 2310. The lowest BCUT2D eigenvalue weighted by molar-refractivity contribution is -0.175. The van der Waals surface area contributed by atoms with Gasteiger partial charge in [0, 0.05) is 18.2 Å². The first-order valence-electron chi connectivity index (χ1n) is 21.3. The summed E-state index contributed by atoms with van der Waals surface area (Å²) >= 11 is 0. The van der Waals surface area contributed by atoms with Crippen molar-refractivity contribution in [3.8, 4) is 17.2 Å². The lowest BCUT2D eigenvalue weighted by Gasteiger charge is -2.53. The second-order valence-electron chi connectivity index (χ2n) is 18.1. The number of nitrogens with one attached hydrogen (secondary N) is 1. The van der Waals surface area contributed by atoms with E-state index >= 15 is 0 Å². The molecule has 6 rings (SSSR count). The third-order valence-corrected chi connectivity index (χ3v) is 20.0. The Kier molecular flexibility index (Phi) is 13.6. The maximum Gasteiger partial charge on any atom is 0.330 e. The van der Waals surface area contributed by atoms with Crippen LogP contribution in [0.5, 0.6) is 17.2 Å². The minimum atomic E-state index is -2.96. The molecule has 0 aliphatic carbocycles. The Hall–Kier alpha value is -4.94. The molecule has 1 aliphatic rings. The van der Waals surface area contributed by atoms with E-state index in [9.17, 15) is 14.7 Å². The average molecular weight is 849 g/mol. The van der Waals surface area contributed by atoms with Crippen molar-refractivity contribution >= 4 is 8.07 Å². The number of hydrogen-bond acceptors (Lipinski definition) is 8. The summed E-state index contributed by atoms with van der Waals surface area (Å²) in [6.45, 7) is 15.0. The van der Waals surface area contributed by atoms with Crippen LogP contribution in [0.25, 0.3) is 0 Å². The second kappa shape index (κ2) is 18.2. The molecule has 2 N–H and O–H groups in total. The van der Waals surface area contributed by atoms with E-state index < -0.39 is 47.9 Å². The molecule has 1 aliphatic heterocycles. The molecule has 0 bridgehead atoms.